The molecule has 1 aromatic carbocycles. The lowest BCUT2D eigenvalue weighted by atomic mass is 10.0. The highest BCUT2D eigenvalue weighted by molar-refractivity contribution is 7.91. The number of hydrogen-bond acceptors (Lipinski definition) is 7. The smallest absolute Gasteiger partial charge is 0.340 e. The largest absolute Gasteiger partial charge is 0.461 e. The first kappa shape index (κ1) is 19.7. The Kier molecular flexibility index (Phi) is 4.54. The number of fused-ring (bicyclic) bond motifs is 2. The molecule has 3 heterocycles. The molecule has 154 valence electrons. The zero-order chi connectivity index (χ0) is 21.1. The van der Waals surface area contributed by atoms with Crippen LogP contribution in [0.2, 0.25) is 0 Å². The number of carbonyl (C=O) groups is 1. The third kappa shape index (κ3) is 3.44. The normalized spacial score (nSPS) is 21.1. The Morgan fingerprint density at radius 3 is 2.41 bits per heavy atom. The molecule has 29 heavy (non-hydrogen) atoms. The molecule has 2 aromatic heterocycles. The molecule has 2 atom stereocenters. The van der Waals surface area contributed by atoms with Crippen LogP contribution in [0.4, 0.5) is 0 Å². The number of benzene rings is 1. The minimum absolute atomic E-state index is 0.197. The average molecular weight is 419 g/mol. The number of carbonyl (C=O) groups excluding carboxylic acids is 1. The van der Waals surface area contributed by atoms with E-state index in [1.807, 2.05) is 19.9 Å². The van der Waals surface area contributed by atoms with Crippen molar-refractivity contribution in [3.05, 3.63) is 45.0 Å². The first-order chi connectivity index (χ1) is 13.6. The minimum atomic E-state index is -3.39. The van der Waals surface area contributed by atoms with Crippen LogP contribution in [0.5, 0.6) is 0 Å². The fourth-order valence-electron chi connectivity index (χ4n) is 3.81. The van der Waals surface area contributed by atoms with Crippen molar-refractivity contribution in [2.45, 2.75) is 39.3 Å². The third-order valence-electron chi connectivity index (χ3n) is 5.59. The number of hydrogen-bond donors (Lipinski definition) is 2. The van der Waals surface area contributed by atoms with Gasteiger partial charge in [-0.1, -0.05) is 0 Å². The first-order valence-electron chi connectivity index (χ1n) is 9.19. The van der Waals surface area contributed by atoms with Crippen LogP contribution in [-0.4, -0.2) is 43.1 Å². The van der Waals surface area contributed by atoms with E-state index < -0.39 is 33.5 Å². The molecule has 0 saturated carbocycles. The van der Waals surface area contributed by atoms with Crippen molar-refractivity contribution in [1.29, 1.82) is 0 Å². The van der Waals surface area contributed by atoms with Gasteiger partial charge in [0.1, 0.15) is 16.9 Å². The Bertz CT molecular complexity index is 1320. The van der Waals surface area contributed by atoms with Crippen molar-refractivity contribution in [2.24, 2.45) is 0 Å². The van der Waals surface area contributed by atoms with Gasteiger partial charge in [0, 0.05) is 16.8 Å². The lowest BCUT2D eigenvalue weighted by molar-refractivity contribution is -0.121. The van der Waals surface area contributed by atoms with E-state index in [1.54, 1.807) is 13.0 Å². The van der Waals surface area contributed by atoms with E-state index in [2.05, 4.69) is 5.32 Å². The number of aryl methyl sites for hydroxylation is 3. The Morgan fingerprint density at radius 2 is 1.76 bits per heavy atom. The zero-order valence-corrected chi connectivity index (χ0v) is 17.1. The number of amides is 1. The molecule has 1 amide bonds. The Balaban J connectivity index is 1.68. The third-order valence-corrected chi connectivity index (χ3v) is 7.31. The molecule has 0 aliphatic carbocycles. The lowest BCUT2D eigenvalue weighted by Gasteiger charge is -2.15. The molecule has 0 radical (unpaired) electrons. The van der Waals surface area contributed by atoms with Crippen LogP contribution >= 0.6 is 0 Å². The predicted octanol–water partition coefficient (Wildman–Crippen LogP) is 1.28. The van der Waals surface area contributed by atoms with Gasteiger partial charge in [-0.15, -0.1) is 0 Å². The number of rotatable bonds is 3. The highest BCUT2D eigenvalue weighted by Crippen LogP contribution is 2.31. The lowest BCUT2D eigenvalue weighted by Crippen LogP contribution is -2.43. The van der Waals surface area contributed by atoms with E-state index in [1.165, 1.54) is 0 Å². The fraction of sp³-hybridized carbons (Fsp3) is 0.400. The molecule has 8 nitrogen and oxygen atoms in total. The summed E-state index contributed by atoms with van der Waals surface area (Å²) >= 11 is 0. The van der Waals surface area contributed by atoms with Crippen LogP contribution < -0.4 is 10.9 Å². The van der Waals surface area contributed by atoms with Gasteiger partial charge in [-0.2, -0.15) is 0 Å². The summed E-state index contributed by atoms with van der Waals surface area (Å²) in [5.74, 6) is -0.464. The maximum Gasteiger partial charge on any atom is 0.340 e. The van der Waals surface area contributed by atoms with Gasteiger partial charge in [0.05, 0.1) is 35.6 Å². The maximum absolute atomic E-state index is 12.5. The molecule has 9 heteroatoms. The fourth-order valence-corrected chi connectivity index (χ4v) is 5.56. The van der Waals surface area contributed by atoms with Crippen molar-refractivity contribution in [2.75, 3.05) is 11.5 Å². The van der Waals surface area contributed by atoms with Crippen LogP contribution in [0.25, 0.3) is 21.9 Å². The topological polar surface area (TPSA) is 127 Å². The zero-order valence-electron chi connectivity index (χ0n) is 16.2. The van der Waals surface area contributed by atoms with Gasteiger partial charge in [0.2, 0.25) is 5.91 Å². The first-order valence-corrected chi connectivity index (χ1v) is 11.0. The molecule has 0 unspecified atom stereocenters. The second kappa shape index (κ2) is 6.70. The SMILES string of the molecule is Cc1oc2cc3oc(=O)c(CC(=O)N[C@H]4CS(=O)(=O)C[C@H]4O)c(C)c3cc2c1C. The number of nitrogens with one attached hydrogen (secondary N) is 1. The molecule has 3 aromatic rings. The molecule has 4 rings (SSSR count). The van der Waals surface area contributed by atoms with Gasteiger partial charge in [-0.05, 0) is 38.0 Å². The monoisotopic (exact) mass is 419 g/mol. The Labute approximate surface area is 166 Å². The highest BCUT2D eigenvalue weighted by Gasteiger charge is 2.37. The van der Waals surface area contributed by atoms with E-state index in [0.29, 0.717) is 22.1 Å². The van der Waals surface area contributed by atoms with Gasteiger partial charge < -0.3 is 19.3 Å². The number of aliphatic hydroxyl groups excluding tert-OH is 1. The summed E-state index contributed by atoms with van der Waals surface area (Å²) in [5.41, 5.74) is 2.16. The molecule has 1 saturated heterocycles. The van der Waals surface area contributed by atoms with E-state index in [-0.39, 0.29) is 23.5 Å². The Hall–Kier alpha value is -2.65. The van der Waals surface area contributed by atoms with Gasteiger partial charge in [0.15, 0.2) is 9.84 Å². The molecule has 2 N–H and O–H groups in total. The van der Waals surface area contributed by atoms with Crippen molar-refractivity contribution < 1.29 is 27.2 Å². The number of furan rings is 1. The minimum Gasteiger partial charge on any atom is -0.461 e. The summed E-state index contributed by atoms with van der Waals surface area (Å²) in [7, 11) is -3.39. The van der Waals surface area contributed by atoms with Crippen LogP contribution in [0.1, 0.15) is 22.5 Å². The molecule has 0 bridgehead atoms. The van der Waals surface area contributed by atoms with E-state index in [9.17, 15) is 23.1 Å². The summed E-state index contributed by atoms with van der Waals surface area (Å²) in [4.78, 5) is 24.9. The summed E-state index contributed by atoms with van der Waals surface area (Å²) < 4.78 is 34.3. The van der Waals surface area contributed by atoms with Crippen molar-refractivity contribution in [3.8, 4) is 0 Å². The van der Waals surface area contributed by atoms with E-state index >= 15 is 0 Å². The van der Waals surface area contributed by atoms with Crippen molar-refractivity contribution in [1.82, 2.24) is 5.32 Å². The predicted molar refractivity (Wildman–Crippen MR) is 107 cm³/mol. The summed E-state index contributed by atoms with van der Waals surface area (Å²) in [6.45, 7) is 5.54. The number of sulfone groups is 1. The van der Waals surface area contributed by atoms with Crippen molar-refractivity contribution >= 4 is 37.7 Å². The second-order valence-corrected chi connectivity index (χ2v) is 9.77. The van der Waals surface area contributed by atoms with Crippen LogP contribution in [-0.2, 0) is 21.1 Å². The standard InChI is InChI=1S/C20H21NO7S/c1-9-11(3)27-17-6-18-13(4-12(9)17)10(2)14(20(24)28-18)5-19(23)21-15-7-29(25,26)8-16(15)22/h4,6,15-16,22H,5,7-8H2,1-3H3,(H,21,23)/t15-,16+/m0/s1. The number of aliphatic hydroxyl groups is 1. The van der Waals surface area contributed by atoms with Gasteiger partial charge in [-0.3, -0.25) is 4.79 Å². The molecular weight excluding hydrogens is 398 g/mol. The van der Waals surface area contributed by atoms with Crippen LogP contribution in [0.3, 0.4) is 0 Å². The summed E-state index contributed by atoms with van der Waals surface area (Å²) in [6, 6.07) is 2.67. The molecule has 1 aliphatic rings. The summed E-state index contributed by atoms with van der Waals surface area (Å²) in [6.07, 6.45) is -1.42. The average Bonchev–Trinajstić information content (AvgIpc) is 3.04. The molecule has 1 fully saturated rings. The van der Waals surface area contributed by atoms with Gasteiger partial charge >= 0.3 is 5.63 Å². The molecule has 1 aliphatic heterocycles. The summed E-state index contributed by atoms with van der Waals surface area (Å²) in [5, 5.41) is 14.0. The Morgan fingerprint density at radius 1 is 1.10 bits per heavy atom. The quantitative estimate of drug-likeness (QED) is 0.612. The molecular formula is C20H21NO7S. The van der Waals surface area contributed by atoms with E-state index in [4.69, 9.17) is 8.83 Å². The highest BCUT2D eigenvalue weighted by atomic mass is 32.2. The van der Waals surface area contributed by atoms with Gasteiger partial charge in [0.25, 0.3) is 0 Å². The second-order valence-electron chi connectivity index (χ2n) is 7.62. The van der Waals surface area contributed by atoms with E-state index in [0.717, 1.165) is 16.7 Å². The van der Waals surface area contributed by atoms with Crippen molar-refractivity contribution in [3.63, 3.8) is 0 Å². The van der Waals surface area contributed by atoms with Crippen LogP contribution in [0, 0.1) is 20.8 Å². The van der Waals surface area contributed by atoms with Gasteiger partial charge in [-0.25, -0.2) is 13.2 Å². The molecule has 0 spiro atoms. The maximum atomic E-state index is 12.5. The van der Waals surface area contributed by atoms with Crippen LogP contribution in [0.15, 0.2) is 25.8 Å².